The molecule has 0 atom stereocenters. The summed E-state index contributed by atoms with van der Waals surface area (Å²) in [5, 5.41) is 19.5. The van der Waals surface area contributed by atoms with Gasteiger partial charge in [0.05, 0.1) is 6.61 Å². The molecule has 0 aromatic heterocycles. The minimum absolute atomic E-state index is 0.0921. The highest BCUT2D eigenvalue weighted by Crippen LogP contribution is 2.41. The zero-order valence-electron chi connectivity index (χ0n) is 10.9. The van der Waals surface area contributed by atoms with Gasteiger partial charge < -0.3 is 14.9 Å². The van der Waals surface area contributed by atoms with E-state index in [1.54, 1.807) is 6.07 Å². The maximum absolute atomic E-state index is 9.85. The third-order valence-electron chi connectivity index (χ3n) is 2.91. The topological polar surface area (TPSA) is 49.7 Å². The predicted octanol–water partition coefficient (Wildman–Crippen LogP) is 3.40. The minimum Gasteiger partial charge on any atom is -0.504 e. The van der Waals surface area contributed by atoms with Gasteiger partial charge in [-0.25, -0.2) is 0 Å². The van der Waals surface area contributed by atoms with Gasteiger partial charge in [0.2, 0.25) is 5.75 Å². The van der Waals surface area contributed by atoms with Gasteiger partial charge in [0.1, 0.15) is 0 Å². The molecule has 0 saturated carbocycles. The molecule has 0 aliphatic heterocycles. The summed E-state index contributed by atoms with van der Waals surface area (Å²) >= 11 is 0. The first-order chi connectivity index (χ1) is 8.15. The summed E-state index contributed by atoms with van der Waals surface area (Å²) in [6.07, 6.45) is 3.60. The average Bonchev–Trinajstić information content (AvgIpc) is 2.34. The van der Waals surface area contributed by atoms with Gasteiger partial charge >= 0.3 is 0 Å². The van der Waals surface area contributed by atoms with Crippen LogP contribution in [0.4, 0.5) is 0 Å². The van der Waals surface area contributed by atoms with Crippen LogP contribution in [-0.4, -0.2) is 16.8 Å². The van der Waals surface area contributed by atoms with Gasteiger partial charge in [0.25, 0.3) is 0 Å². The standard InChI is InChI=1S/C14H22O3/c1-4-7-8-17-14-11(6-3)10(5-2)9-12(15)13(14)16/h9,15-16H,4-8H2,1-3H3. The van der Waals surface area contributed by atoms with E-state index in [0.717, 1.165) is 36.8 Å². The Bertz CT molecular complexity index is 372. The molecule has 2 N–H and O–H groups in total. The number of rotatable bonds is 6. The number of unbranched alkanes of at least 4 members (excludes halogenated alkanes) is 1. The van der Waals surface area contributed by atoms with E-state index in [4.69, 9.17) is 4.74 Å². The van der Waals surface area contributed by atoms with Crippen LogP contribution in [0.1, 0.15) is 44.7 Å². The van der Waals surface area contributed by atoms with Crippen LogP contribution in [0.15, 0.2) is 6.07 Å². The molecule has 0 unspecified atom stereocenters. The molecule has 0 saturated heterocycles. The third kappa shape index (κ3) is 3.05. The molecule has 3 heteroatoms. The van der Waals surface area contributed by atoms with Crippen molar-refractivity contribution in [1.82, 2.24) is 0 Å². The summed E-state index contributed by atoms with van der Waals surface area (Å²) in [4.78, 5) is 0. The van der Waals surface area contributed by atoms with Crippen molar-refractivity contribution in [2.75, 3.05) is 6.61 Å². The summed E-state index contributed by atoms with van der Waals surface area (Å²) in [6.45, 7) is 6.71. The first-order valence-electron chi connectivity index (χ1n) is 6.35. The zero-order chi connectivity index (χ0) is 12.8. The van der Waals surface area contributed by atoms with E-state index >= 15 is 0 Å². The monoisotopic (exact) mass is 238 g/mol. The molecule has 0 spiro atoms. The summed E-state index contributed by atoms with van der Waals surface area (Å²) in [6, 6.07) is 1.63. The highest BCUT2D eigenvalue weighted by molar-refractivity contribution is 5.57. The largest absolute Gasteiger partial charge is 0.504 e. The molecule has 3 nitrogen and oxygen atoms in total. The van der Waals surface area contributed by atoms with Gasteiger partial charge in [0, 0.05) is 5.56 Å². The van der Waals surface area contributed by atoms with Crippen LogP contribution in [0.25, 0.3) is 0 Å². The quantitative estimate of drug-likeness (QED) is 0.590. The van der Waals surface area contributed by atoms with Gasteiger partial charge in [-0.2, -0.15) is 0 Å². The van der Waals surface area contributed by atoms with Crippen molar-refractivity contribution in [1.29, 1.82) is 0 Å². The van der Waals surface area contributed by atoms with Crippen LogP contribution < -0.4 is 4.74 Å². The van der Waals surface area contributed by atoms with Gasteiger partial charge in [0.15, 0.2) is 11.5 Å². The Morgan fingerprint density at radius 3 is 2.35 bits per heavy atom. The van der Waals surface area contributed by atoms with Crippen LogP contribution in [-0.2, 0) is 12.8 Å². The average molecular weight is 238 g/mol. The second kappa shape index (κ2) is 6.38. The van der Waals surface area contributed by atoms with Crippen molar-refractivity contribution in [3.63, 3.8) is 0 Å². The Labute approximate surface area is 103 Å². The van der Waals surface area contributed by atoms with Gasteiger partial charge in [-0.1, -0.05) is 27.2 Å². The van der Waals surface area contributed by atoms with Crippen molar-refractivity contribution in [2.24, 2.45) is 0 Å². The Balaban J connectivity index is 3.09. The van der Waals surface area contributed by atoms with Crippen LogP contribution in [0.3, 0.4) is 0 Å². The molecule has 17 heavy (non-hydrogen) atoms. The summed E-state index contributed by atoms with van der Waals surface area (Å²) in [7, 11) is 0. The number of ether oxygens (including phenoxy) is 1. The number of hydrogen-bond donors (Lipinski definition) is 2. The van der Waals surface area contributed by atoms with Crippen molar-refractivity contribution < 1.29 is 14.9 Å². The second-order valence-electron chi connectivity index (χ2n) is 4.12. The number of hydrogen-bond acceptors (Lipinski definition) is 3. The van der Waals surface area contributed by atoms with E-state index in [-0.39, 0.29) is 11.5 Å². The SMILES string of the molecule is CCCCOc1c(O)c(O)cc(CC)c1CC. The molecule has 1 aromatic rings. The molecule has 0 bridgehead atoms. The fourth-order valence-electron chi connectivity index (χ4n) is 1.90. The molecule has 0 amide bonds. The van der Waals surface area contributed by atoms with Crippen LogP contribution in [0, 0.1) is 0 Å². The number of phenols is 2. The van der Waals surface area contributed by atoms with Crippen molar-refractivity contribution in [3.8, 4) is 17.2 Å². The molecule has 1 aromatic carbocycles. The Morgan fingerprint density at radius 2 is 1.82 bits per heavy atom. The third-order valence-corrected chi connectivity index (χ3v) is 2.91. The Hall–Kier alpha value is -1.38. The normalized spacial score (nSPS) is 10.5. The lowest BCUT2D eigenvalue weighted by atomic mass is 10.0. The van der Waals surface area contributed by atoms with E-state index in [9.17, 15) is 10.2 Å². The smallest absolute Gasteiger partial charge is 0.200 e. The molecule has 96 valence electrons. The van der Waals surface area contributed by atoms with E-state index in [1.165, 1.54) is 0 Å². The molecular formula is C14H22O3. The molecular weight excluding hydrogens is 216 g/mol. The minimum atomic E-state index is -0.129. The molecule has 1 rings (SSSR count). The lowest BCUT2D eigenvalue weighted by molar-refractivity contribution is 0.283. The number of phenolic OH excluding ortho intramolecular Hbond substituents is 2. The van der Waals surface area contributed by atoms with E-state index < -0.39 is 0 Å². The van der Waals surface area contributed by atoms with Crippen molar-refractivity contribution >= 4 is 0 Å². The first-order valence-corrected chi connectivity index (χ1v) is 6.35. The molecule has 0 aliphatic rings. The fraction of sp³-hybridized carbons (Fsp3) is 0.571. The van der Waals surface area contributed by atoms with Gasteiger partial charge in [-0.05, 0) is 30.9 Å². The summed E-state index contributed by atoms with van der Waals surface area (Å²) in [5.41, 5.74) is 2.04. The summed E-state index contributed by atoms with van der Waals surface area (Å²) < 4.78 is 5.61. The Morgan fingerprint density at radius 1 is 1.12 bits per heavy atom. The van der Waals surface area contributed by atoms with Crippen LogP contribution in [0.5, 0.6) is 17.2 Å². The molecule has 0 radical (unpaired) electrons. The van der Waals surface area contributed by atoms with Crippen molar-refractivity contribution in [2.45, 2.75) is 46.5 Å². The number of benzene rings is 1. The van der Waals surface area contributed by atoms with E-state index in [2.05, 4.69) is 6.92 Å². The summed E-state index contributed by atoms with van der Waals surface area (Å²) in [5.74, 6) is 0.235. The first kappa shape index (κ1) is 13.7. The maximum atomic E-state index is 9.85. The lowest BCUT2D eigenvalue weighted by Crippen LogP contribution is -2.02. The van der Waals surface area contributed by atoms with E-state index in [1.807, 2.05) is 13.8 Å². The van der Waals surface area contributed by atoms with Gasteiger partial charge in [-0.3, -0.25) is 0 Å². The van der Waals surface area contributed by atoms with Crippen LogP contribution in [0.2, 0.25) is 0 Å². The number of aryl methyl sites for hydroxylation is 1. The maximum Gasteiger partial charge on any atom is 0.200 e. The van der Waals surface area contributed by atoms with Gasteiger partial charge in [-0.15, -0.1) is 0 Å². The molecule has 0 fully saturated rings. The van der Waals surface area contributed by atoms with Crippen LogP contribution >= 0.6 is 0 Å². The fourth-order valence-corrected chi connectivity index (χ4v) is 1.90. The molecule has 0 heterocycles. The predicted molar refractivity (Wildman–Crippen MR) is 68.9 cm³/mol. The zero-order valence-corrected chi connectivity index (χ0v) is 10.9. The van der Waals surface area contributed by atoms with E-state index in [0.29, 0.717) is 12.4 Å². The second-order valence-corrected chi connectivity index (χ2v) is 4.12. The highest BCUT2D eigenvalue weighted by Gasteiger charge is 2.16. The highest BCUT2D eigenvalue weighted by atomic mass is 16.5. The lowest BCUT2D eigenvalue weighted by Gasteiger charge is -2.16. The number of aromatic hydroxyl groups is 2. The van der Waals surface area contributed by atoms with Crippen molar-refractivity contribution in [3.05, 3.63) is 17.2 Å². The molecule has 0 aliphatic carbocycles. The Kier molecular flexibility index (Phi) is 5.13.